The molecule has 0 aromatic carbocycles. The highest BCUT2D eigenvalue weighted by Gasteiger charge is 2.35. The topological polar surface area (TPSA) is 20.2 Å². The third kappa shape index (κ3) is 2.49. The Kier molecular flexibility index (Phi) is 5.50. The molecule has 4 heteroatoms. The summed E-state index contributed by atoms with van der Waals surface area (Å²) in [7, 11) is 0. The van der Waals surface area contributed by atoms with Crippen LogP contribution in [0.25, 0.3) is 0 Å². The van der Waals surface area contributed by atoms with Gasteiger partial charge in [0.2, 0.25) is 6.23 Å². The molecule has 0 heterocycles. The highest BCUT2D eigenvalue weighted by atomic mass is 35.5. The lowest BCUT2D eigenvalue weighted by Crippen LogP contribution is -2.57. The Balaban J connectivity index is 4.46. The van der Waals surface area contributed by atoms with Crippen LogP contribution in [0.1, 0.15) is 20.8 Å². The molecule has 0 aromatic heterocycles. The van der Waals surface area contributed by atoms with E-state index in [9.17, 15) is 5.11 Å². The maximum Gasteiger partial charge on any atom is 0.221 e. The Morgan fingerprint density at radius 1 is 1.08 bits per heavy atom. The first-order chi connectivity index (χ1) is 5.54. The molecule has 12 heavy (non-hydrogen) atoms. The van der Waals surface area contributed by atoms with Crippen LogP contribution in [0.15, 0.2) is 0 Å². The summed E-state index contributed by atoms with van der Waals surface area (Å²) in [6.07, 6.45) is -0.673. The monoisotopic (exact) mass is 214 g/mol. The summed E-state index contributed by atoms with van der Waals surface area (Å²) in [5, 5.41) is 9.75. The van der Waals surface area contributed by atoms with Gasteiger partial charge in [0, 0.05) is 0 Å². The van der Waals surface area contributed by atoms with Crippen LogP contribution in [0.3, 0.4) is 0 Å². The van der Waals surface area contributed by atoms with Gasteiger partial charge in [-0.3, -0.25) is 4.48 Å². The van der Waals surface area contributed by atoms with Gasteiger partial charge >= 0.3 is 0 Å². The summed E-state index contributed by atoms with van der Waals surface area (Å²) in [5.41, 5.74) is 0. The van der Waals surface area contributed by atoms with E-state index in [1.54, 1.807) is 0 Å². The average Bonchev–Trinajstić information content (AvgIpc) is 2.08. The Bertz CT molecular complexity index is 118. The van der Waals surface area contributed by atoms with Crippen molar-refractivity contribution in [1.82, 2.24) is 0 Å². The molecule has 0 amide bonds. The zero-order chi connectivity index (χ0) is 9.78. The third-order valence-corrected chi connectivity index (χ3v) is 3.13. The van der Waals surface area contributed by atoms with Gasteiger partial charge in [-0.05, 0) is 20.8 Å². The molecule has 0 radical (unpaired) electrons. The lowest BCUT2D eigenvalue weighted by atomic mass is 10.3. The molecule has 0 aromatic rings. The van der Waals surface area contributed by atoms with E-state index in [0.29, 0.717) is 4.48 Å². The first-order valence-electron chi connectivity index (χ1n) is 4.36. The van der Waals surface area contributed by atoms with Crippen LogP contribution in [0, 0.1) is 0 Å². The van der Waals surface area contributed by atoms with E-state index in [0.717, 1.165) is 19.6 Å². The largest absolute Gasteiger partial charge is 0.343 e. The van der Waals surface area contributed by atoms with E-state index in [-0.39, 0.29) is 0 Å². The van der Waals surface area contributed by atoms with Crippen LogP contribution in [0.2, 0.25) is 0 Å². The molecule has 0 saturated heterocycles. The lowest BCUT2D eigenvalue weighted by molar-refractivity contribution is -0.965. The molecule has 74 valence electrons. The van der Waals surface area contributed by atoms with Gasteiger partial charge in [0.1, 0.15) is 0 Å². The Labute approximate surface area is 84.7 Å². The van der Waals surface area contributed by atoms with Crippen molar-refractivity contribution >= 4 is 23.2 Å². The van der Waals surface area contributed by atoms with Crippen LogP contribution in [-0.4, -0.2) is 40.3 Å². The second-order valence-corrected chi connectivity index (χ2v) is 4.08. The third-order valence-electron chi connectivity index (χ3n) is 2.68. The van der Waals surface area contributed by atoms with E-state index in [2.05, 4.69) is 0 Å². The van der Waals surface area contributed by atoms with Crippen molar-refractivity contribution in [3.63, 3.8) is 0 Å². The number of quaternary nitrogens is 1. The molecular formula is C8H18Cl2NO+. The quantitative estimate of drug-likeness (QED) is 0.422. The number of alkyl halides is 2. The van der Waals surface area contributed by atoms with Crippen molar-refractivity contribution in [2.75, 3.05) is 19.6 Å². The number of rotatable bonds is 5. The predicted molar refractivity (Wildman–Crippen MR) is 53.4 cm³/mol. The number of nitrogens with zero attached hydrogens (tertiary/aromatic N) is 1. The normalized spacial score (nSPS) is 15.2. The fourth-order valence-corrected chi connectivity index (χ4v) is 1.95. The summed E-state index contributed by atoms with van der Waals surface area (Å²) in [5.74, 6) is 0. The Morgan fingerprint density at radius 3 is 1.50 bits per heavy atom. The summed E-state index contributed by atoms with van der Waals surface area (Å²) in [6.45, 7) is 8.66. The molecule has 0 saturated carbocycles. The van der Waals surface area contributed by atoms with Crippen LogP contribution in [-0.2, 0) is 0 Å². The SMILES string of the molecule is CC[N+](CC)(CC)C(O)C(Cl)Cl. The van der Waals surface area contributed by atoms with Crippen LogP contribution >= 0.6 is 23.2 Å². The summed E-state index contributed by atoms with van der Waals surface area (Å²) >= 11 is 11.3. The highest BCUT2D eigenvalue weighted by molar-refractivity contribution is 6.44. The molecular weight excluding hydrogens is 197 g/mol. The van der Waals surface area contributed by atoms with Gasteiger partial charge in [-0.1, -0.05) is 23.2 Å². The minimum absolute atomic E-state index is 0.567. The van der Waals surface area contributed by atoms with Crippen molar-refractivity contribution in [1.29, 1.82) is 0 Å². The highest BCUT2D eigenvalue weighted by Crippen LogP contribution is 2.20. The van der Waals surface area contributed by atoms with Gasteiger partial charge in [-0.15, -0.1) is 0 Å². The maximum absolute atomic E-state index is 9.75. The van der Waals surface area contributed by atoms with E-state index < -0.39 is 11.1 Å². The van der Waals surface area contributed by atoms with Crippen molar-refractivity contribution in [2.45, 2.75) is 31.8 Å². The van der Waals surface area contributed by atoms with Crippen LogP contribution < -0.4 is 0 Å². The average molecular weight is 215 g/mol. The van der Waals surface area contributed by atoms with Gasteiger partial charge in [0.25, 0.3) is 0 Å². The molecule has 1 atom stereocenters. The fraction of sp³-hybridized carbons (Fsp3) is 1.00. The maximum atomic E-state index is 9.75. The molecule has 0 bridgehead atoms. The smallest absolute Gasteiger partial charge is 0.221 e. The second-order valence-electron chi connectivity index (χ2n) is 2.92. The zero-order valence-corrected chi connectivity index (χ0v) is 9.44. The summed E-state index contributed by atoms with van der Waals surface area (Å²) in [6, 6.07) is 0. The first kappa shape index (κ1) is 12.5. The van der Waals surface area contributed by atoms with Crippen LogP contribution in [0.5, 0.6) is 0 Å². The predicted octanol–water partition coefficient (Wildman–Crippen LogP) is 1.98. The van der Waals surface area contributed by atoms with Crippen molar-refractivity contribution in [2.24, 2.45) is 0 Å². The molecule has 0 rings (SSSR count). The number of halogens is 2. The number of hydrogen-bond donors (Lipinski definition) is 1. The van der Waals surface area contributed by atoms with E-state index in [4.69, 9.17) is 23.2 Å². The number of hydrogen-bond acceptors (Lipinski definition) is 1. The van der Waals surface area contributed by atoms with E-state index >= 15 is 0 Å². The van der Waals surface area contributed by atoms with Crippen molar-refractivity contribution < 1.29 is 9.59 Å². The molecule has 0 fully saturated rings. The number of aliphatic hydroxyl groups is 1. The lowest BCUT2D eigenvalue weighted by Gasteiger charge is -2.40. The molecule has 1 N–H and O–H groups in total. The molecule has 0 aliphatic heterocycles. The van der Waals surface area contributed by atoms with Gasteiger partial charge in [-0.2, -0.15) is 0 Å². The minimum atomic E-state index is -0.704. The number of aliphatic hydroxyl groups excluding tert-OH is 1. The van der Waals surface area contributed by atoms with Gasteiger partial charge in [0.15, 0.2) is 4.84 Å². The second kappa shape index (κ2) is 5.28. The van der Waals surface area contributed by atoms with Gasteiger partial charge in [0.05, 0.1) is 19.6 Å². The Morgan fingerprint density at radius 2 is 1.42 bits per heavy atom. The fourth-order valence-electron chi connectivity index (χ4n) is 1.47. The first-order valence-corrected chi connectivity index (χ1v) is 5.23. The zero-order valence-electron chi connectivity index (χ0n) is 7.93. The van der Waals surface area contributed by atoms with Gasteiger partial charge < -0.3 is 5.11 Å². The molecule has 2 nitrogen and oxygen atoms in total. The standard InChI is InChI=1S/C8H18Cl2NO/c1-4-11(5-2,6-3)8(12)7(9)10/h7-8,12H,4-6H2,1-3H3/q+1. The Hall–Kier alpha value is 0.500. The summed E-state index contributed by atoms with van der Waals surface area (Å²) in [4.78, 5) is -0.704. The molecule has 1 unspecified atom stereocenters. The summed E-state index contributed by atoms with van der Waals surface area (Å²) < 4.78 is 0.567. The van der Waals surface area contributed by atoms with E-state index in [1.165, 1.54) is 0 Å². The van der Waals surface area contributed by atoms with Crippen molar-refractivity contribution in [3.05, 3.63) is 0 Å². The van der Waals surface area contributed by atoms with Gasteiger partial charge in [-0.25, -0.2) is 0 Å². The van der Waals surface area contributed by atoms with E-state index in [1.807, 2.05) is 20.8 Å². The molecule has 0 aliphatic rings. The minimum Gasteiger partial charge on any atom is -0.343 e. The van der Waals surface area contributed by atoms with Crippen LogP contribution in [0.4, 0.5) is 0 Å². The molecule has 0 spiro atoms. The van der Waals surface area contributed by atoms with Crippen molar-refractivity contribution in [3.8, 4) is 0 Å². The molecule has 0 aliphatic carbocycles.